The van der Waals surface area contributed by atoms with Crippen LogP contribution in [0.25, 0.3) is 16.8 Å². The predicted molar refractivity (Wildman–Crippen MR) is 183 cm³/mol. The number of nitrogens with zero attached hydrogens (tertiary/aromatic N) is 1. The van der Waals surface area contributed by atoms with Gasteiger partial charge in [0, 0.05) is 22.2 Å². The topological polar surface area (TPSA) is 37.4 Å². The zero-order chi connectivity index (χ0) is 31.1. The molecule has 1 heterocycles. The molecule has 0 atom stereocenters. The maximum absolute atomic E-state index is 13.2. The summed E-state index contributed by atoms with van der Waals surface area (Å²) in [6.45, 7) is 11.4. The van der Waals surface area contributed by atoms with Gasteiger partial charge in [0.25, 0.3) is 0 Å². The van der Waals surface area contributed by atoms with E-state index in [0.29, 0.717) is 11.1 Å². The van der Waals surface area contributed by atoms with Crippen molar-refractivity contribution >= 4 is 68.7 Å². The molecule has 5 heteroatoms. The second-order valence-corrected chi connectivity index (χ2v) is 14.1. The van der Waals surface area contributed by atoms with Crippen molar-refractivity contribution in [2.75, 3.05) is 4.90 Å². The third kappa shape index (κ3) is 4.33. The zero-order valence-electron chi connectivity index (χ0n) is 25.3. The Morgan fingerprint density at radius 3 is 2.00 bits per heavy atom. The summed E-state index contributed by atoms with van der Waals surface area (Å²) in [4.78, 5) is 28.8. The first-order valence-corrected chi connectivity index (χ1v) is 15.5. The number of hydrogen-bond acceptors (Lipinski definition) is 3. The molecule has 218 valence electrons. The molecule has 0 unspecified atom stereocenters. The molecular weight excluding hydrogens is 585 g/mol. The van der Waals surface area contributed by atoms with Crippen molar-refractivity contribution < 1.29 is 9.59 Å². The fourth-order valence-electron chi connectivity index (χ4n) is 6.70. The Hall–Kier alpha value is -4.18. The van der Waals surface area contributed by atoms with Crippen LogP contribution in [0.1, 0.15) is 77.6 Å². The van der Waals surface area contributed by atoms with Crippen LogP contribution in [0.4, 0.5) is 17.1 Å². The molecule has 3 nitrogen and oxygen atoms in total. The molecule has 1 aliphatic heterocycles. The van der Waals surface area contributed by atoms with Gasteiger partial charge in [0.2, 0.25) is 0 Å². The molecule has 0 radical (unpaired) electrons. The summed E-state index contributed by atoms with van der Waals surface area (Å²) in [6.07, 6.45) is 1.68. The van der Waals surface area contributed by atoms with Crippen LogP contribution in [-0.4, -0.2) is 11.6 Å². The first-order valence-electron chi connectivity index (χ1n) is 14.7. The molecule has 0 spiro atoms. The molecule has 7 rings (SSSR count). The molecular formula is C39H31Cl2NO2. The number of allylic oxidation sites excluding steroid dienone is 1. The fourth-order valence-corrected chi connectivity index (χ4v) is 7.03. The normalized spacial score (nSPS) is 15.3. The van der Waals surface area contributed by atoms with Gasteiger partial charge in [-0.1, -0.05) is 106 Å². The SMILES string of the molecule is CC(C)(C)c1ccc2c(c1)C(C)(C)c1c(ccc3cc(C=C4C(=O)c5cc(Cl)c(Cl)cc5C4=O)ccc13)N2c1ccccc1. The van der Waals surface area contributed by atoms with E-state index in [0.717, 1.165) is 27.7 Å². The fraction of sp³-hybridized carbons (Fsp3) is 0.179. The van der Waals surface area contributed by atoms with Crippen LogP contribution in [0.15, 0.2) is 96.6 Å². The molecule has 0 N–H and O–H groups in total. The van der Waals surface area contributed by atoms with Gasteiger partial charge in [-0.25, -0.2) is 0 Å². The third-order valence-electron chi connectivity index (χ3n) is 9.03. The molecule has 0 saturated heterocycles. The number of Topliss-reactive ketones (excluding diaryl/α,β-unsaturated/α-hetero) is 2. The van der Waals surface area contributed by atoms with Crippen LogP contribution in [0.3, 0.4) is 0 Å². The van der Waals surface area contributed by atoms with Crippen molar-refractivity contribution in [2.45, 2.75) is 45.4 Å². The molecule has 5 aromatic carbocycles. The second kappa shape index (κ2) is 9.92. The second-order valence-electron chi connectivity index (χ2n) is 13.2. The standard InChI is InChI=1S/C39H31Cl2NO2/c1-38(2,3)24-13-16-33-30(19-24)39(4,5)35-26-14-11-22(17-23(26)12-15-34(35)42(33)25-9-7-6-8-10-25)18-29-36(43)27-20-31(40)32(41)21-28(27)37(29)44/h6-21H,1-5H3. The minimum atomic E-state index is -0.333. The van der Waals surface area contributed by atoms with Gasteiger partial charge in [0.15, 0.2) is 11.6 Å². The Morgan fingerprint density at radius 2 is 1.36 bits per heavy atom. The summed E-state index contributed by atoms with van der Waals surface area (Å²) < 4.78 is 0. The van der Waals surface area contributed by atoms with Crippen LogP contribution >= 0.6 is 23.2 Å². The number of carbonyl (C=O) groups excluding carboxylic acids is 2. The molecule has 44 heavy (non-hydrogen) atoms. The number of para-hydroxylation sites is 1. The summed E-state index contributed by atoms with van der Waals surface area (Å²) in [5.41, 5.74) is 8.43. The number of carbonyl (C=O) groups is 2. The van der Waals surface area contributed by atoms with Gasteiger partial charge in [-0.05, 0) is 87.0 Å². The Balaban J connectivity index is 1.40. The Labute approximate surface area is 267 Å². The van der Waals surface area contributed by atoms with Crippen LogP contribution in [0, 0.1) is 0 Å². The lowest BCUT2D eigenvalue weighted by Crippen LogP contribution is -2.31. The van der Waals surface area contributed by atoms with Gasteiger partial charge in [0.05, 0.1) is 27.0 Å². The highest BCUT2D eigenvalue weighted by atomic mass is 35.5. The van der Waals surface area contributed by atoms with Crippen LogP contribution in [0.5, 0.6) is 0 Å². The highest BCUT2D eigenvalue weighted by Gasteiger charge is 2.39. The number of ketones is 2. The largest absolute Gasteiger partial charge is 0.310 e. The Kier molecular flexibility index (Phi) is 6.44. The number of rotatable bonds is 2. The average Bonchev–Trinajstić information content (AvgIpc) is 3.20. The van der Waals surface area contributed by atoms with E-state index in [1.165, 1.54) is 34.5 Å². The highest BCUT2D eigenvalue weighted by molar-refractivity contribution is 6.46. The van der Waals surface area contributed by atoms with Crippen molar-refractivity contribution in [2.24, 2.45) is 0 Å². The number of halogens is 2. The Morgan fingerprint density at radius 1 is 0.727 bits per heavy atom. The lowest BCUT2D eigenvalue weighted by atomic mass is 9.70. The van der Waals surface area contributed by atoms with Crippen LogP contribution < -0.4 is 4.90 Å². The molecule has 5 aromatic rings. The molecule has 0 amide bonds. The molecule has 0 bridgehead atoms. The van der Waals surface area contributed by atoms with E-state index in [1.807, 2.05) is 12.1 Å². The number of benzene rings is 5. The van der Waals surface area contributed by atoms with Crippen molar-refractivity contribution in [1.82, 2.24) is 0 Å². The lowest BCUT2D eigenvalue weighted by Gasteiger charge is -2.43. The Bertz CT molecular complexity index is 2040. The van der Waals surface area contributed by atoms with Crippen LogP contribution in [-0.2, 0) is 10.8 Å². The van der Waals surface area contributed by atoms with Gasteiger partial charge in [-0.15, -0.1) is 0 Å². The minimum absolute atomic E-state index is 0.00948. The maximum atomic E-state index is 13.2. The quantitative estimate of drug-likeness (QED) is 0.146. The van der Waals surface area contributed by atoms with Gasteiger partial charge in [0.1, 0.15) is 0 Å². The van der Waals surface area contributed by atoms with Gasteiger partial charge in [-0.2, -0.15) is 0 Å². The van der Waals surface area contributed by atoms with Crippen molar-refractivity contribution in [3.63, 3.8) is 0 Å². The summed E-state index contributed by atoms with van der Waals surface area (Å²) >= 11 is 12.3. The lowest BCUT2D eigenvalue weighted by molar-refractivity contribution is 0.0990. The summed E-state index contributed by atoms with van der Waals surface area (Å²) in [7, 11) is 0. The summed E-state index contributed by atoms with van der Waals surface area (Å²) in [5.74, 6) is -0.667. The van der Waals surface area contributed by atoms with Gasteiger partial charge < -0.3 is 4.90 Å². The van der Waals surface area contributed by atoms with E-state index >= 15 is 0 Å². The third-order valence-corrected chi connectivity index (χ3v) is 9.75. The van der Waals surface area contributed by atoms with E-state index in [2.05, 4.69) is 106 Å². The maximum Gasteiger partial charge on any atom is 0.197 e. The molecule has 0 fully saturated rings. The van der Waals surface area contributed by atoms with E-state index in [4.69, 9.17) is 23.2 Å². The predicted octanol–water partition coefficient (Wildman–Crippen LogP) is 11.0. The average molecular weight is 617 g/mol. The monoisotopic (exact) mass is 615 g/mol. The van der Waals surface area contributed by atoms with E-state index in [-0.39, 0.29) is 38.0 Å². The van der Waals surface area contributed by atoms with E-state index < -0.39 is 0 Å². The van der Waals surface area contributed by atoms with E-state index in [1.54, 1.807) is 6.08 Å². The van der Waals surface area contributed by atoms with Gasteiger partial charge >= 0.3 is 0 Å². The van der Waals surface area contributed by atoms with Gasteiger partial charge in [-0.3, -0.25) is 9.59 Å². The number of hydrogen-bond donors (Lipinski definition) is 0. The number of anilines is 3. The highest BCUT2D eigenvalue weighted by Crippen LogP contribution is 2.54. The van der Waals surface area contributed by atoms with Crippen molar-refractivity contribution in [3.05, 3.63) is 140 Å². The smallest absolute Gasteiger partial charge is 0.197 e. The first kappa shape index (κ1) is 28.6. The van der Waals surface area contributed by atoms with Crippen molar-refractivity contribution in [3.8, 4) is 0 Å². The molecule has 0 saturated carbocycles. The minimum Gasteiger partial charge on any atom is -0.310 e. The molecule has 0 aromatic heterocycles. The molecule has 2 aliphatic rings. The summed E-state index contributed by atoms with van der Waals surface area (Å²) in [6, 6.07) is 30.8. The summed E-state index contributed by atoms with van der Waals surface area (Å²) in [5, 5.41) is 2.68. The number of fused-ring (bicyclic) bond motifs is 5. The first-order chi connectivity index (χ1) is 20.9. The molecule has 1 aliphatic carbocycles. The van der Waals surface area contributed by atoms with Crippen LogP contribution in [0.2, 0.25) is 10.0 Å². The zero-order valence-corrected chi connectivity index (χ0v) is 26.8. The van der Waals surface area contributed by atoms with E-state index in [9.17, 15) is 9.59 Å². The van der Waals surface area contributed by atoms with Crippen molar-refractivity contribution in [1.29, 1.82) is 0 Å².